The Morgan fingerprint density at radius 2 is 0.800 bits per heavy atom. The van der Waals surface area contributed by atoms with Crippen molar-refractivity contribution in [3.63, 3.8) is 0 Å². The first-order valence-electron chi connectivity index (χ1n) is 19.1. The van der Waals surface area contributed by atoms with Gasteiger partial charge in [0, 0.05) is 19.3 Å². The Hall–Kier alpha value is -2.37. The topological polar surface area (TPSA) is 87.3 Å². The highest BCUT2D eigenvalue weighted by Crippen LogP contribution is 2.33. The number of anilines is 3. The second kappa shape index (κ2) is 20.7. The molecule has 3 aliphatic rings. The molecule has 0 bridgehead atoms. The van der Waals surface area contributed by atoms with E-state index in [0.717, 1.165) is 56.3 Å². The third-order valence-electron chi connectivity index (χ3n) is 10.8. The molecule has 4 rings (SSSR count). The highest BCUT2D eigenvalue weighted by atomic mass is 16.2. The number of carbonyl (C=O) groups excluding carboxylic acids is 3. The molecule has 3 amide bonds. The molecule has 0 saturated heterocycles. The van der Waals surface area contributed by atoms with Gasteiger partial charge < -0.3 is 16.0 Å². The van der Waals surface area contributed by atoms with E-state index in [1.54, 1.807) is 0 Å². The van der Waals surface area contributed by atoms with Gasteiger partial charge in [0.1, 0.15) is 0 Å². The van der Waals surface area contributed by atoms with Gasteiger partial charge in [0.15, 0.2) is 0 Å². The summed E-state index contributed by atoms with van der Waals surface area (Å²) in [4.78, 5) is 39.1. The van der Waals surface area contributed by atoms with Crippen molar-refractivity contribution in [3.8, 4) is 0 Å². The van der Waals surface area contributed by atoms with Crippen LogP contribution in [0.25, 0.3) is 0 Å². The molecule has 252 valence electrons. The Morgan fingerprint density at radius 1 is 0.467 bits per heavy atom. The largest absolute Gasteiger partial charge is 0.324 e. The molecule has 3 saturated carbocycles. The van der Waals surface area contributed by atoms with Gasteiger partial charge in [0.25, 0.3) is 0 Å². The molecule has 3 fully saturated rings. The fourth-order valence-corrected chi connectivity index (χ4v) is 8.11. The summed E-state index contributed by atoms with van der Waals surface area (Å²) in [6, 6.07) is 5.51. The van der Waals surface area contributed by atoms with E-state index in [1.807, 2.05) is 18.2 Å². The van der Waals surface area contributed by atoms with Gasteiger partial charge >= 0.3 is 0 Å². The van der Waals surface area contributed by atoms with Crippen molar-refractivity contribution in [2.75, 3.05) is 16.0 Å². The number of nitrogens with one attached hydrogen (secondary N) is 3. The molecular formula is C39H63N3O3. The van der Waals surface area contributed by atoms with Crippen molar-refractivity contribution in [3.05, 3.63) is 18.2 Å². The molecule has 45 heavy (non-hydrogen) atoms. The van der Waals surface area contributed by atoms with Gasteiger partial charge in [0.2, 0.25) is 17.7 Å². The van der Waals surface area contributed by atoms with E-state index in [0.29, 0.717) is 36.3 Å². The number of unbranched alkanes of at least 4 members (excludes halogenated alkanes) is 3. The van der Waals surface area contributed by atoms with Gasteiger partial charge in [-0.05, 0) is 49.1 Å². The van der Waals surface area contributed by atoms with Crippen LogP contribution in [-0.2, 0) is 14.4 Å². The van der Waals surface area contributed by atoms with E-state index in [9.17, 15) is 14.4 Å². The third-order valence-corrected chi connectivity index (χ3v) is 10.8. The van der Waals surface area contributed by atoms with Crippen molar-refractivity contribution in [1.82, 2.24) is 0 Å². The lowest BCUT2D eigenvalue weighted by Crippen LogP contribution is -2.19. The Kier molecular flexibility index (Phi) is 16.3. The number of amides is 3. The maximum Gasteiger partial charge on any atom is 0.224 e. The first-order chi connectivity index (χ1) is 22.1. The highest BCUT2D eigenvalue weighted by molar-refractivity contribution is 6.06. The average Bonchev–Trinajstić information content (AvgIpc) is 3.06. The van der Waals surface area contributed by atoms with Crippen molar-refractivity contribution in [2.45, 2.75) is 173 Å². The lowest BCUT2D eigenvalue weighted by molar-refractivity contribution is -0.117. The third kappa shape index (κ3) is 13.9. The minimum Gasteiger partial charge on any atom is -0.324 e. The molecule has 1 aromatic rings. The predicted molar refractivity (Wildman–Crippen MR) is 187 cm³/mol. The highest BCUT2D eigenvalue weighted by Gasteiger charge is 2.18. The van der Waals surface area contributed by atoms with Gasteiger partial charge in [-0.2, -0.15) is 0 Å². The Labute approximate surface area is 274 Å². The number of hydrogen-bond donors (Lipinski definition) is 3. The second-order valence-corrected chi connectivity index (χ2v) is 14.6. The zero-order chi connectivity index (χ0) is 31.5. The van der Waals surface area contributed by atoms with Crippen LogP contribution in [0.4, 0.5) is 17.1 Å². The van der Waals surface area contributed by atoms with Gasteiger partial charge in [-0.3, -0.25) is 14.4 Å². The summed E-state index contributed by atoms with van der Waals surface area (Å²) >= 11 is 0. The number of carbonyl (C=O) groups is 3. The normalized spacial score (nSPS) is 18.4. The van der Waals surface area contributed by atoms with E-state index in [2.05, 4.69) is 16.0 Å². The quantitative estimate of drug-likeness (QED) is 0.143. The predicted octanol–water partition coefficient (Wildman–Crippen LogP) is 10.9. The molecule has 0 heterocycles. The number of benzene rings is 1. The molecule has 6 heteroatoms. The fourth-order valence-electron chi connectivity index (χ4n) is 8.11. The molecule has 0 atom stereocenters. The van der Waals surface area contributed by atoms with Crippen LogP contribution in [0.3, 0.4) is 0 Å². The summed E-state index contributed by atoms with van der Waals surface area (Å²) < 4.78 is 0. The molecule has 3 aliphatic carbocycles. The van der Waals surface area contributed by atoms with E-state index in [4.69, 9.17) is 0 Å². The first-order valence-corrected chi connectivity index (χ1v) is 19.1. The molecule has 0 radical (unpaired) electrons. The molecule has 0 aromatic heterocycles. The number of rotatable bonds is 18. The van der Waals surface area contributed by atoms with E-state index >= 15 is 0 Å². The zero-order valence-electron chi connectivity index (χ0n) is 28.3. The smallest absolute Gasteiger partial charge is 0.224 e. The monoisotopic (exact) mass is 621 g/mol. The Balaban J connectivity index is 1.28. The second-order valence-electron chi connectivity index (χ2n) is 14.6. The van der Waals surface area contributed by atoms with Crippen LogP contribution in [0.5, 0.6) is 0 Å². The van der Waals surface area contributed by atoms with Crippen LogP contribution in [0.1, 0.15) is 173 Å². The van der Waals surface area contributed by atoms with Crippen LogP contribution in [0.2, 0.25) is 0 Å². The lowest BCUT2D eigenvalue weighted by atomic mass is 9.85. The molecule has 0 spiro atoms. The number of hydrogen-bond acceptors (Lipinski definition) is 3. The Morgan fingerprint density at radius 3 is 1.16 bits per heavy atom. The summed E-state index contributed by atoms with van der Waals surface area (Å²) in [5.74, 6) is 2.36. The van der Waals surface area contributed by atoms with Crippen molar-refractivity contribution >= 4 is 34.8 Å². The van der Waals surface area contributed by atoms with Gasteiger partial charge in [-0.25, -0.2) is 0 Å². The van der Waals surface area contributed by atoms with E-state index in [-0.39, 0.29) is 17.7 Å². The standard InChI is InChI=1S/C39H63N3O3/c43-36(28-13-10-23-31-17-4-1-5-18-31)40-34-26-16-27-35(41-37(44)29-14-11-24-32-19-6-2-7-20-32)39(34)42-38(45)30-15-12-25-33-21-8-3-9-22-33/h16,26-27,31-33H,1-15,17-25,28-30H2,(H,40,43)(H,41,44)(H,42,45). The molecule has 1 aromatic carbocycles. The summed E-state index contributed by atoms with van der Waals surface area (Å²) in [7, 11) is 0. The molecule has 0 unspecified atom stereocenters. The van der Waals surface area contributed by atoms with Gasteiger partial charge in [0.05, 0.1) is 17.1 Å². The maximum atomic E-state index is 13.1. The molecule has 0 aliphatic heterocycles. The molecule has 3 N–H and O–H groups in total. The summed E-state index contributed by atoms with van der Waals surface area (Å²) in [5.41, 5.74) is 1.65. The molecular weight excluding hydrogens is 558 g/mol. The SMILES string of the molecule is O=C(CCCCC1CCCCC1)Nc1cccc(NC(=O)CCCCC2CCCCC2)c1NC(=O)CCCCC1CCCCC1. The van der Waals surface area contributed by atoms with Crippen LogP contribution in [-0.4, -0.2) is 17.7 Å². The Bertz CT molecular complexity index is 964. The van der Waals surface area contributed by atoms with Crippen molar-refractivity contribution in [2.24, 2.45) is 17.8 Å². The zero-order valence-corrected chi connectivity index (χ0v) is 28.3. The summed E-state index contributed by atoms with van der Waals surface area (Å²) in [6.07, 6.45) is 31.2. The van der Waals surface area contributed by atoms with Gasteiger partial charge in [-0.15, -0.1) is 0 Å². The fraction of sp³-hybridized carbons (Fsp3) is 0.769. The van der Waals surface area contributed by atoms with Crippen molar-refractivity contribution in [1.29, 1.82) is 0 Å². The van der Waals surface area contributed by atoms with Crippen LogP contribution < -0.4 is 16.0 Å². The van der Waals surface area contributed by atoms with Crippen LogP contribution in [0.15, 0.2) is 18.2 Å². The summed E-state index contributed by atoms with van der Waals surface area (Å²) in [5, 5.41) is 9.20. The van der Waals surface area contributed by atoms with E-state index < -0.39 is 0 Å². The van der Waals surface area contributed by atoms with Gasteiger partial charge in [-0.1, -0.05) is 141 Å². The molecule has 6 nitrogen and oxygen atoms in total. The van der Waals surface area contributed by atoms with Crippen molar-refractivity contribution < 1.29 is 14.4 Å². The van der Waals surface area contributed by atoms with E-state index in [1.165, 1.54) is 116 Å². The minimum absolute atomic E-state index is 0.0344. The maximum absolute atomic E-state index is 13.1. The summed E-state index contributed by atoms with van der Waals surface area (Å²) in [6.45, 7) is 0. The van der Waals surface area contributed by atoms with Crippen LogP contribution >= 0.6 is 0 Å². The first kappa shape index (κ1) is 35.5. The lowest BCUT2D eigenvalue weighted by Gasteiger charge is -2.21. The van der Waals surface area contributed by atoms with Crippen LogP contribution in [0, 0.1) is 17.8 Å². The average molecular weight is 622 g/mol. The minimum atomic E-state index is -0.0594. The number of para-hydroxylation sites is 1.